The zero-order chi connectivity index (χ0) is 38.5. The first-order valence-electron chi connectivity index (χ1n) is 19.7. The monoisotopic (exact) mass is 759 g/mol. The summed E-state index contributed by atoms with van der Waals surface area (Å²) in [7, 11) is -2.71. The second-order valence-corrected chi connectivity index (χ2v) is 18.7. The summed E-state index contributed by atoms with van der Waals surface area (Å²) in [4.78, 5) is 2.34. The standard InChI is InChI=1S/C54H37NO2Si/c1-5-15-38(16-6-1)39-25-33-52-49(35-39)50-36-41(29-34-53(50)56-52)55(42-28-32-48-47-23-13-14-24-51(47)57-54(48)37-42)40-26-30-46(31-27-40)58(43-17-7-2-8-18-43,44-19-9-3-10-20-44)45-21-11-4-12-22-45/h1-37H. The van der Waals surface area contributed by atoms with Crippen LogP contribution in [0.15, 0.2) is 233 Å². The number of benzene rings is 9. The lowest BCUT2D eigenvalue weighted by atomic mass is 10.0. The van der Waals surface area contributed by atoms with Crippen LogP contribution in [0.25, 0.3) is 55.0 Å². The minimum atomic E-state index is -2.71. The molecule has 0 spiro atoms. The molecule has 58 heavy (non-hydrogen) atoms. The summed E-state index contributed by atoms with van der Waals surface area (Å²) in [6, 6.07) is 80.9. The fourth-order valence-corrected chi connectivity index (χ4v) is 13.7. The van der Waals surface area contributed by atoms with Crippen LogP contribution in [0.4, 0.5) is 17.1 Å². The van der Waals surface area contributed by atoms with E-state index in [1.54, 1.807) is 0 Å². The molecule has 0 amide bonds. The number of anilines is 3. The lowest BCUT2D eigenvalue weighted by Gasteiger charge is -2.35. The summed E-state index contributed by atoms with van der Waals surface area (Å²) in [6.07, 6.45) is 0. The number of hydrogen-bond donors (Lipinski definition) is 0. The predicted octanol–water partition coefficient (Wildman–Crippen LogP) is 12.0. The lowest BCUT2D eigenvalue weighted by molar-refractivity contribution is 0.668. The summed E-state index contributed by atoms with van der Waals surface area (Å²) in [6.45, 7) is 0. The lowest BCUT2D eigenvalue weighted by Crippen LogP contribution is -2.74. The molecule has 0 atom stereocenters. The maximum Gasteiger partial charge on any atom is 0.179 e. The maximum atomic E-state index is 6.46. The Morgan fingerprint density at radius 1 is 0.276 bits per heavy atom. The van der Waals surface area contributed by atoms with Crippen molar-refractivity contribution in [3.63, 3.8) is 0 Å². The van der Waals surface area contributed by atoms with Gasteiger partial charge in [0.2, 0.25) is 0 Å². The van der Waals surface area contributed by atoms with Gasteiger partial charge in [-0.15, -0.1) is 0 Å². The molecule has 0 unspecified atom stereocenters. The van der Waals surface area contributed by atoms with E-state index in [4.69, 9.17) is 8.83 Å². The largest absolute Gasteiger partial charge is 0.456 e. The molecular weight excluding hydrogens is 723 g/mol. The molecular formula is C54H37NO2Si. The van der Waals surface area contributed by atoms with E-state index in [0.29, 0.717) is 0 Å². The van der Waals surface area contributed by atoms with E-state index in [1.165, 1.54) is 26.3 Å². The van der Waals surface area contributed by atoms with Crippen molar-refractivity contribution < 1.29 is 8.83 Å². The van der Waals surface area contributed by atoms with E-state index in [0.717, 1.165) is 66.5 Å². The van der Waals surface area contributed by atoms with Gasteiger partial charge in [0.05, 0.1) is 0 Å². The minimum absolute atomic E-state index is 0.853. The minimum Gasteiger partial charge on any atom is -0.456 e. The molecule has 2 aromatic heterocycles. The third-order valence-electron chi connectivity index (χ3n) is 11.6. The molecule has 274 valence electrons. The molecule has 0 aliphatic carbocycles. The van der Waals surface area contributed by atoms with E-state index in [9.17, 15) is 0 Å². The van der Waals surface area contributed by atoms with Crippen molar-refractivity contribution in [2.45, 2.75) is 0 Å². The molecule has 0 aliphatic rings. The average molecular weight is 760 g/mol. The molecule has 0 aliphatic heterocycles. The van der Waals surface area contributed by atoms with Gasteiger partial charge in [-0.3, -0.25) is 0 Å². The quantitative estimate of drug-likeness (QED) is 0.114. The number of furan rings is 2. The Kier molecular flexibility index (Phi) is 8.16. The van der Waals surface area contributed by atoms with E-state index in [2.05, 4.69) is 217 Å². The Balaban J connectivity index is 1.11. The Labute approximate surface area is 337 Å². The first kappa shape index (κ1) is 33.9. The third kappa shape index (κ3) is 5.57. The summed E-state index contributed by atoms with van der Waals surface area (Å²) < 4.78 is 12.9. The fourth-order valence-electron chi connectivity index (χ4n) is 8.94. The van der Waals surface area contributed by atoms with Crippen molar-refractivity contribution in [1.82, 2.24) is 0 Å². The SMILES string of the molecule is c1ccc(-c2ccc3oc4ccc(N(c5ccc([Si](c6ccccc6)(c6ccccc6)c6ccccc6)cc5)c5ccc6c(c5)oc5ccccc56)cc4c3c2)cc1. The van der Waals surface area contributed by atoms with Gasteiger partial charge in [-0.1, -0.05) is 158 Å². The number of fused-ring (bicyclic) bond motifs is 6. The summed E-state index contributed by atoms with van der Waals surface area (Å²) in [5.41, 5.74) is 8.89. The van der Waals surface area contributed by atoms with Crippen molar-refractivity contribution in [3.8, 4) is 11.1 Å². The molecule has 4 heteroatoms. The van der Waals surface area contributed by atoms with E-state index in [1.807, 2.05) is 12.1 Å². The molecule has 0 saturated heterocycles. The molecule has 0 saturated carbocycles. The zero-order valence-electron chi connectivity index (χ0n) is 31.6. The first-order valence-corrected chi connectivity index (χ1v) is 21.7. The van der Waals surface area contributed by atoms with E-state index in [-0.39, 0.29) is 0 Å². The van der Waals surface area contributed by atoms with Crippen LogP contribution in [0.3, 0.4) is 0 Å². The van der Waals surface area contributed by atoms with Gasteiger partial charge in [0.15, 0.2) is 8.07 Å². The van der Waals surface area contributed by atoms with Gasteiger partial charge in [-0.05, 0) is 92.5 Å². The van der Waals surface area contributed by atoms with Crippen molar-refractivity contribution in [1.29, 1.82) is 0 Å². The van der Waals surface area contributed by atoms with Crippen LogP contribution in [-0.2, 0) is 0 Å². The van der Waals surface area contributed by atoms with Crippen LogP contribution in [-0.4, -0.2) is 8.07 Å². The van der Waals surface area contributed by atoms with Crippen molar-refractivity contribution >= 4 is 89.8 Å². The van der Waals surface area contributed by atoms with Gasteiger partial charge in [-0.2, -0.15) is 0 Å². The van der Waals surface area contributed by atoms with E-state index >= 15 is 0 Å². The molecule has 0 N–H and O–H groups in total. The third-order valence-corrected chi connectivity index (χ3v) is 16.4. The smallest absolute Gasteiger partial charge is 0.179 e. The van der Waals surface area contributed by atoms with Crippen molar-refractivity contribution in [2.75, 3.05) is 4.90 Å². The van der Waals surface area contributed by atoms with Crippen molar-refractivity contribution in [2.24, 2.45) is 0 Å². The summed E-state index contributed by atoms with van der Waals surface area (Å²) >= 11 is 0. The van der Waals surface area contributed by atoms with Crippen LogP contribution in [0.1, 0.15) is 0 Å². The molecule has 11 rings (SSSR count). The van der Waals surface area contributed by atoms with Gasteiger partial charge < -0.3 is 13.7 Å². The highest BCUT2D eigenvalue weighted by Gasteiger charge is 2.41. The zero-order valence-corrected chi connectivity index (χ0v) is 32.6. The Bertz CT molecular complexity index is 3110. The highest BCUT2D eigenvalue weighted by Crippen LogP contribution is 2.41. The van der Waals surface area contributed by atoms with Crippen molar-refractivity contribution in [3.05, 3.63) is 224 Å². The Hall–Kier alpha value is -7.40. The molecule has 0 bridgehead atoms. The molecule has 2 heterocycles. The molecule has 0 fully saturated rings. The van der Waals surface area contributed by atoms with Crippen LogP contribution in [0, 0.1) is 0 Å². The Morgan fingerprint density at radius 3 is 1.38 bits per heavy atom. The molecule has 9 aromatic carbocycles. The summed E-state index contributed by atoms with van der Waals surface area (Å²) in [5.74, 6) is 0. The summed E-state index contributed by atoms with van der Waals surface area (Å²) in [5, 5.41) is 9.73. The fraction of sp³-hybridized carbons (Fsp3) is 0. The van der Waals surface area contributed by atoms with E-state index < -0.39 is 8.07 Å². The molecule has 11 aromatic rings. The normalized spacial score (nSPS) is 11.8. The predicted molar refractivity (Wildman–Crippen MR) is 245 cm³/mol. The highest BCUT2D eigenvalue weighted by atomic mass is 28.3. The van der Waals surface area contributed by atoms with Gasteiger partial charge in [0.25, 0.3) is 0 Å². The van der Waals surface area contributed by atoms with Crippen LogP contribution >= 0.6 is 0 Å². The molecule has 0 radical (unpaired) electrons. The number of hydrogen-bond acceptors (Lipinski definition) is 3. The van der Waals surface area contributed by atoms with Gasteiger partial charge in [-0.25, -0.2) is 0 Å². The van der Waals surface area contributed by atoms with Gasteiger partial charge in [0, 0.05) is 44.7 Å². The highest BCUT2D eigenvalue weighted by molar-refractivity contribution is 7.19. The average Bonchev–Trinajstić information content (AvgIpc) is 3.86. The Morgan fingerprint density at radius 2 is 0.724 bits per heavy atom. The topological polar surface area (TPSA) is 29.5 Å². The van der Waals surface area contributed by atoms with Crippen LogP contribution in [0.2, 0.25) is 0 Å². The van der Waals surface area contributed by atoms with Gasteiger partial charge in [0.1, 0.15) is 22.3 Å². The number of para-hydroxylation sites is 1. The number of rotatable bonds is 8. The maximum absolute atomic E-state index is 6.46. The number of nitrogens with zero attached hydrogens (tertiary/aromatic N) is 1. The van der Waals surface area contributed by atoms with Gasteiger partial charge >= 0.3 is 0 Å². The second-order valence-electron chi connectivity index (χ2n) is 14.9. The van der Waals surface area contributed by atoms with Crippen LogP contribution < -0.4 is 25.6 Å². The van der Waals surface area contributed by atoms with Crippen LogP contribution in [0.5, 0.6) is 0 Å². The second kappa shape index (κ2) is 14.0. The first-order chi connectivity index (χ1) is 28.7. The molecule has 3 nitrogen and oxygen atoms in total.